The lowest BCUT2D eigenvalue weighted by Crippen LogP contribution is -1.98. The van der Waals surface area contributed by atoms with Crippen LogP contribution in [0.25, 0.3) is 6.08 Å². The molecule has 0 unspecified atom stereocenters. The van der Waals surface area contributed by atoms with Crippen LogP contribution in [0.2, 0.25) is 0 Å². The molecule has 0 nitrogen and oxygen atoms in total. The molecule has 0 saturated carbocycles. The molecule has 0 aliphatic heterocycles. The van der Waals surface area contributed by atoms with Crippen LogP contribution in [0.4, 0.5) is 0 Å². The van der Waals surface area contributed by atoms with Gasteiger partial charge in [0.05, 0.1) is 3.39 Å². The number of aryl methyl sites for hydroxylation is 1. The van der Waals surface area contributed by atoms with E-state index in [0.717, 1.165) is 9.81 Å². The fourth-order valence-electron chi connectivity index (χ4n) is 1.88. The highest BCUT2D eigenvalue weighted by atomic mass is 79.9. The minimum Gasteiger partial charge on any atom is -0.0648 e. The topological polar surface area (TPSA) is 0 Å². The average Bonchev–Trinajstić information content (AvgIpc) is 2.27. The Bertz CT molecular complexity index is 376. The molecule has 0 fully saturated rings. The van der Waals surface area contributed by atoms with Gasteiger partial charge in [-0.2, -0.15) is 0 Å². The molecule has 1 atom stereocenters. The third-order valence-electron chi connectivity index (χ3n) is 3.01. The Kier molecular flexibility index (Phi) is 5.77. The smallest absolute Gasteiger partial charge is 0.0610 e. The summed E-state index contributed by atoms with van der Waals surface area (Å²) in [5.41, 5.74) is 4.22. The molecule has 1 aromatic rings. The first kappa shape index (κ1) is 14.0. The maximum Gasteiger partial charge on any atom is 0.0610 e. The second kappa shape index (κ2) is 6.61. The largest absolute Gasteiger partial charge is 0.0648 e. The van der Waals surface area contributed by atoms with Gasteiger partial charge in [-0.05, 0) is 73.4 Å². The van der Waals surface area contributed by atoms with Gasteiger partial charge in [-0.3, -0.25) is 0 Å². The second-order valence-electron chi connectivity index (χ2n) is 4.02. The summed E-state index contributed by atoms with van der Waals surface area (Å²) in [5.74, 6) is 0.608. The predicted octanol–water partition coefficient (Wildman–Crippen LogP) is 5.85. The minimum absolute atomic E-state index is 0.608. The van der Waals surface area contributed by atoms with Gasteiger partial charge in [-0.25, -0.2) is 0 Å². The summed E-state index contributed by atoms with van der Waals surface area (Å²) in [6, 6.07) is 6.61. The highest BCUT2D eigenvalue weighted by Crippen LogP contribution is 2.29. The van der Waals surface area contributed by atoms with Crippen molar-refractivity contribution in [3.8, 4) is 0 Å². The Hall–Kier alpha value is -0.0800. The van der Waals surface area contributed by atoms with Gasteiger partial charge < -0.3 is 0 Å². The van der Waals surface area contributed by atoms with Gasteiger partial charge in [0.25, 0.3) is 0 Å². The van der Waals surface area contributed by atoms with E-state index in [-0.39, 0.29) is 0 Å². The van der Waals surface area contributed by atoms with Gasteiger partial charge in [0, 0.05) is 0 Å². The molecule has 1 rings (SSSR count). The van der Waals surface area contributed by atoms with E-state index < -0.39 is 0 Å². The third kappa shape index (κ3) is 3.46. The lowest BCUT2D eigenvalue weighted by molar-refractivity contribution is 0.730. The molecule has 0 amide bonds. The molecule has 16 heavy (non-hydrogen) atoms. The van der Waals surface area contributed by atoms with Crippen LogP contribution in [0.15, 0.2) is 21.6 Å². The lowest BCUT2D eigenvalue weighted by Gasteiger charge is -2.16. The van der Waals surface area contributed by atoms with E-state index in [1.165, 1.54) is 23.1 Å². The Labute approximate surface area is 115 Å². The maximum atomic E-state index is 3.46. The van der Waals surface area contributed by atoms with E-state index in [2.05, 4.69) is 76.9 Å². The summed E-state index contributed by atoms with van der Waals surface area (Å²) in [7, 11) is 0. The summed E-state index contributed by atoms with van der Waals surface area (Å²) in [6.07, 6.45) is 4.41. The molecule has 0 bridgehead atoms. The molecule has 0 aromatic heterocycles. The Morgan fingerprint density at radius 2 is 2.00 bits per heavy atom. The molecule has 2 heteroatoms. The first-order chi connectivity index (χ1) is 7.60. The van der Waals surface area contributed by atoms with Crippen LogP contribution in [-0.4, -0.2) is 0 Å². The van der Waals surface area contributed by atoms with Crippen LogP contribution in [0.5, 0.6) is 0 Å². The number of benzene rings is 1. The maximum absolute atomic E-state index is 3.46. The molecular formula is C14H18Br2. The summed E-state index contributed by atoms with van der Waals surface area (Å²) in [6.45, 7) is 6.73. The van der Waals surface area contributed by atoms with Gasteiger partial charge in [-0.1, -0.05) is 39.0 Å². The van der Waals surface area contributed by atoms with E-state index in [1.54, 1.807) is 0 Å². The van der Waals surface area contributed by atoms with Crippen molar-refractivity contribution in [3.63, 3.8) is 0 Å². The van der Waals surface area contributed by atoms with Gasteiger partial charge in [-0.15, -0.1) is 0 Å². The van der Waals surface area contributed by atoms with E-state index in [1.807, 2.05) is 0 Å². The molecule has 0 saturated heterocycles. The van der Waals surface area contributed by atoms with Crippen LogP contribution in [0.3, 0.4) is 0 Å². The molecule has 0 aliphatic rings. The van der Waals surface area contributed by atoms with Crippen molar-refractivity contribution < 1.29 is 0 Å². The van der Waals surface area contributed by atoms with Crippen LogP contribution >= 0.6 is 31.9 Å². The Morgan fingerprint density at radius 3 is 2.50 bits per heavy atom. The summed E-state index contributed by atoms with van der Waals surface area (Å²) in [4.78, 5) is 0. The SMILES string of the molecule is CCc1cccc([C@H](C)CC)c1C=C(Br)Br. The normalized spacial score (nSPS) is 12.3. The number of hydrogen-bond acceptors (Lipinski definition) is 0. The molecule has 0 heterocycles. The van der Waals surface area contributed by atoms with Crippen molar-refractivity contribution in [1.29, 1.82) is 0 Å². The van der Waals surface area contributed by atoms with Crippen LogP contribution in [-0.2, 0) is 6.42 Å². The van der Waals surface area contributed by atoms with Crippen molar-refractivity contribution in [1.82, 2.24) is 0 Å². The summed E-state index contributed by atoms with van der Waals surface area (Å²) in [5, 5.41) is 0. The third-order valence-corrected chi connectivity index (χ3v) is 3.47. The highest BCUT2D eigenvalue weighted by Gasteiger charge is 2.10. The number of hydrogen-bond donors (Lipinski definition) is 0. The number of halogens is 2. The monoisotopic (exact) mass is 344 g/mol. The van der Waals surface area contributed by atoms with Crippen molar-refractivity contribution >= 4 is 37.9 Å². The van der Waals surface area contributed by atoms with Crippen molar-refractivity contribution in [2.75, 3.05) is 0 Å². The summed E-state index contributed by atoms with van der Waals surface area (Å²) >= 11 is 6.91. The minimum atomic E-state index is 0.608. The zero-order valence-electron chi connectivity index (χ0n) is 10.1. The van der Waals surface area contributed by atoms with E-state index >= 15 is 0 Å². The molecule has 0 radical (unpaired) electrons. The molecule has 0 spiro atoms. The van der Waals surface area contributed by atoms with Gasteiger partial charge >= 0.3 is 0 Å². The van der Waals surface area contributed by atoms with E-state index in [9.17, 15) is 0 Å². The Balaban J connectivity index is 3.31. The van der Waals surface area contributed by atoms with Crippen LogP contribution < -0.4 is 0 Å². The average molecular weight is 346 g/mol. The van der Waals surface area contributed by atoms with Gasteiger partial charge in [0.2, 0.25) is 0 Å². The molecule has 0 N–H and O–H groups in total. The van der Waals surface area contributed by atoms with Crippen molar-refractivity contribution in [2.45, 2.75) is 39.5 Å². The van der Waals surface area contributed by atoms with Crippen LogP contribution in [0.1, 0.15) is 49.8 Å². The highest BCUT2D eigenvalue weighted by molar-refractivity contribution is 9.28. The zero-order chi connectivity index (χ0) is 12.1. The van der Waals surface area contributed by atoms with Crippen molar-refractivity contribution in [3.05, 3.63) is 38.3 Å². The van der Waals surface area contributed by atoms with Crippen LogP contribution in [0, 0.1) is 0 Å². The molecule has 88 valence electrons. The quantitative estimate of drug-likeness (QED) is 0.642. The number of rotatable bonds is 4. The fourth-order valence-corrected chi connectivity index (χ4v) is 2.33. The lowest BCUT2D eigenvalue weighted by atomic mass is 9.90. The first-order valence-electron chi connectivity index (χ1n) is 5.74. The first-order valence-corrected chi connectivity index (χ1v) is 7.33. The van der Waals surface area contributed by atoms with Gasteiger partial charge in [0.1, 0.15) is 0 Å². The van der Waals surface area contributed by atoms with Crippen molar-refractivity contribution in [2.24, 2.45) is 0 Å². The fraction of sp³-hybridized carbons (Fsp3) is 0.429. The molecule has 1 aromatic carbocycles. The standard InChI is InChI=1S/C14H18Br2/c1-4-10(3)12-8-6-7-11(5-2)13(12)9-14(15)16/h6-10H,4-5H2,1-3H3/t10-/m1/s1. The zero-order valence-corrected chi connectivity index (χ0v) is 13.2. The van der Waals surface area contributed by atoms with E-state index in [0.29, 0.717) is 5.92 Å². The summed E-state index contributed by atoms with van der Waals surface area (Å²) < 4.78 is 1.01. The second-order valence-corrected chi connectivity index (χ2v) is 6.79. The molecular weight excluding hydrogens is 328 g/mol. The van der Waals surface area contributed by atoms with Gasteiger partial charge in [0.15, 0.2) is 0 Å². The van der Waals surface area contributed by atoms with E-state index in [4.69, 9.17) is 0 Å². The Morgan fingerprint density at radius 1 is 1.31 bits per heavy atom. The molecule has 0 aliphatic carbocycles. The predicted molar refractivity (Wildman–Crippen MR) is 80.4 cm³/mol.